The van der Waals surface area contributed by atoms with E-state index in [1.54, 1.807) is 0 Å². The van der Waals surface area contributed by atoms with Crippen molar-refractivity contribution in [1.29, 1.82) is 0 Å². The first kappa shape index (κ1) is 21.5. The molecule has 0 aliphatic carbocycles. The number of ether oxygens (including phenoxy) is 1. The minimum Gasteiger partial charge on any atom is -0.605 e. The fourth-order valence-corrected chi connectivity index (χ4v) is 3.88. The van der Waals surface area contributed by atoms with Gasteiger partial charge in [0.2, 0.25) is 5.04 Å². The lowest BCUT2D eigenvalue weighted by atomic mass is 10.0. The molecule has 1 aliphatic heterocycles. The molecule has 0 bridgehead atoms. The fourth-order valence-electron chi connectivity index (χ4n) is 2.01. The fraction of sp³-hybridized carbons (Fsp3) is 0.909. The summed E-state index contributed by atoms with van der Waals surface area (Å²) < 4.78 is 35.4. The van der Waals surface area contributed by atoms with E-state index < -0.39 is 56.0 Å². The van der Waals surface area contributed by atoms with Crippen LogP contribution in [0.15, 0.2) is 0 Å². The van der Waals surface area contributed by atoms with Crippen molar-refractivity contribution in [2.45, 2.75) is 49.1 Å². The summed E-state index contributed by atoms with van der Waals surface area (Å²) in [6.45, 7) is -0.871. The standard InChI is InChI=1S/C11H21NO10S2/c13-4-2-1-3-7(12(18)24(19,20)21)23-11-10(17)9(16)8(15)6(5-14)22-11/h6,8-11,13-17H,1-5H2,(H,19,20,21). The average Bonchev–Trinajstić information content (AvgIpc) is 2.52. The molecule has 13 heteroatoms. The van der Waals surface area contributed by atoms with E-state index in [2.05, 4.69) is 0 Å². The molecular formula is C11H21NO10S2. The molecule has 1 saturated heterocycles. The van der Waals surface area contributed by atoms with Gasteiger partial charge in [-0.25, -0.2) is 4.55 Å². The monoisotopic (exact) mass is 391 g/mol. The first-order valence-electron chi connectivity index (χ1n) is 7.02. The van der Waals surface area contributed by atoms with Gasteiger partial charge in [-0.3, -0.25) is 0 Å². The van der Waals surface area contributed by atoms with Gasteiger partial charge in [0.05, 0.1) is 6.61 Å². The Bertz CT molecular complexity index is 537. The third kappa shape index (κ3) is 5.50. The van der Waals surface area contributed by atoms with Gasteiger partial charge in [-0.1, -0.05) is 4.14 Å². The molecule has 0 radical (unpaired) electrons. The predicted molar refractivity (Wildman–Crippen MR) is 82.5 cm³/mol. The summed E-state index contributed by atoms with van der Waals surface area (Å²) in [5.41, 5.74) is -1.36. The molecule has 0 saturated carbocycles. The zero-order valence-electron chi connectivity index (χ0n) is 12.5. The highest BCUT2D eigenvalue weighted by molar-refractivity contribution is 8.14. The van der Waals surface area contributed by atoms with Crippen LogP contribution in [0.5, 0.6) is 0 Å². The van der Waals surface area contributed by atoms with Crippen LogP contribution in [0.3, 0.4) is 0 Å². The zero-order valence-corrected chi connectivity index (χ0v) is 14.1. The molecule has 5 unspecified atom stereocenters. The highest BCUT2D eigenvalue weighted by Crippen LogP contribution is 2.30. The maximum atomic E-state index is 11.7. The summed E-state index contributed by atoms with van der Waals surface area (Å²) in [5.74, 6) is 0. The molecule has 1 rings (SSSR count). The molecule has 0 amide bonds. The highest BCUT2D eigenvalue weighted by Gasteiger charge is 2.45. The number of nitrogens with zero attached hydrogens (tertiary/aromatic N) is 1. The van der Waals surface area contributed by atoms with Gasteiger partial charge >= 0.3 is 10.3 Å². The SMILES string of the molecule is O=S(=O)(O)[N+]([O-])=C(CCCCO)SC1OC(CO)C(O)C(O)C1O. The largest absolute Gasteiger partial charge is 0.605 e. The van der Waals surface area contributed by atoms with Crippen molar-refractivity contribution in [3.05, 3.63) is 5.21 Å². The van der Waals surface area contributed by atoms with Gasteiger partial charge in [0.25, 0.3) is 0 Å². The van der Waals surface area contributed by atoms with E-state index in [1.165, 1.54) is 0 Å². The number of aliphatic hydroxyl groups excluding tert-OH is 5. The maximum absolute atomic E-state index is 11.7. The Labute approximate surface area is 142 Å². The van der Waals surface area contributed by atoms with E-state index in [0.717, 1.165) is 0 Å². The van der Waals surface area contributed by atoms with Crippen molar-refractivity contribution in [2.24, 2.45) is 0 Å². The van der Waals surface area contributed by atoms with E-state index >= 15 is 0 Å². The average molecular weight is 391 g/mol. The van der Waals surface area contributed by atoms with Crippen molar-refractivity contribution < 1.29 is 47.4 Å². The van der Waals surface area contributed by atoms with Crippen molar-refractivity contribution in [3.63, 3.8) is 0 Å². The Balaban J connectivity index is 3.00. The normalized spacial score (nSPS) is 32.5. The first-order valence-corrected chi connectivity index (χ1v) is 9.29. The number of hydrogen-bond acceptors (Lipinski definition) is 10. The summed E-state index contributed by atoms with van der Waals surface area (Å²) in [7, 11) is -5.09. The van der Waals surface area contributed by atoms with Crippen molar-refractivity contribution in [1.82, 2.24) is 0 Å². The molecular weight excluding hydrogens is 370 g/mol. The molecule has 6 N–H and O–H groups in total. The van der Waals surface area contributed by atoms with E-state index in [0.29, 0.717) is 11.8 Å². The van der Waals surface area contributed by atoms with Crippen LogP contribution in [0.25, 0.3) is 0 Å². The van der Waals surface area contributed by atoms with E-state index in [-0.39, 0.29) is 25.9 Å². The van der Waals surface area contributed by atoms with Gasteiger partial charge < -0.3 is 35.5 Å². The molecule has 1 fully saturated rings. The molecule has 142 valence electrons. The smallest absolute Gasteiger partial charge is 0.518 e. The van der Waals surface area contributed by atoms with E-state index in [1.807, 2.05) is 0 Å². The second-order valence-electron chi connectivity index (χ2n) is 5.09. The quantitative estimate of drug-likeness (QED) is 0.0507. The van der Waals surface area contributed by atoms with Gasteiger partial charge in [0, 0.05) is 13.0 Å². The summed E-state index contributed by atoms with van der Waals surface area (Å²) in [4.78, 5) is 0. The topological polar surface area (TPSA) is 191 Å². The van der Waals surface area contributed by atoms with Gasteiger partial charge in [-0.2, -0.15) is 0 Å². The summed E-state index contributed by atoms with van der Waals surface area (Å²) >= 11 is 0.439. The Morgan fingerprint density at radius 3 is 2.25 bits per heavy atom. The number of unbranched alkanes of at least 4 members (excludes halogenated alkanes) is 1. The molecule has 24 heavy (non-hydrogen) atoms. The molecule has 0 aromatic carbocycles. The minimum atomic E-state index is -5.09. The zero-order chi connectivity index (χ0) is 18.5. The first-order chi connectivity index (χ1) is 11.1. The Kier molecular flexibility index (Phi) is 8.31. The Hall–Kier alpha value is -0.510. The molecule has 1 heterocycles. The summed E-state index contributed by atoms with van der Waals surface area (Å²) in [6.07, 6.45) is -5.84. The molecule has 1 aliphatic rings. The van der Waals surface area contributed by atoms with Gasteiger partial charge in [-0.05, 0) is 24.6 Å². The molecule has 5 atom stereocenters. The van der Waals surface area contributed by atoms with Gasteiger partial charge in [0.1, 0.15) is 29.9 Å². The lowest BCUT2D eigenvalue weighted by Crippen LogP contribution is -2.57. The number of rotatable bonds is 7. The second kappa shape index (κ2) is 9.26. The van der Waals surface area contributed by atoms with Crippen molar-refractivity contribution >= 4 is 27.1 Å². The van der Waals surface area contributed by atoms with Crippen LogP contribution in [0, 0.1) is 5.21 Å². The minimum absolute atomic E-state index is 0.149. The van der Waals surface area contributed by atoms with Crippen molar-refractivity contribution in [2.75, 3.05) is 13.2 Å². The molecule has 11 nitrogen and oxygen atoms in total. The van der Waals surface area contributed by atoms with Crippen molar-refractivity contribution in [3.8, 4) is 0 Å². The molecule has 0 aromatic rings. The van der Waals surface area contributed by atoms with Crippen LogP contribution < -0.4 is 0 Å². The lowest BCUT2D eigenvalue weighted by Gasteiger charge is -2.39. The van der Waals surface area contributed by atoms with Crippen LogP contribution in [-0.2, 0) is 15.0 Å². The van der Waals surface area contributed by atoms with Crippen LogP contribution in [0.1, 0.15) is 19.3 Å². The van der Waals surface area contributed by atoms with E-state index in [9.17, 15) is 28.9 Å². The molecule has 0 spiro atoms. The number of thioether (sulfide) groups is 1. The summed E-state index contributed by atoms with van der Waals surface area (Å²) in [6, 6.07) is 0. The van der Waals surface area contributed by atoms with Crippen LogP contribution in [-0.4, -0.2) is 90.8 Å². The molecule has 0 aromatic heterocycles. The Morgan fingerprint density at radius 2 is 1.75 bits per heavy atom. The number of hydrogen-bond donors (Lipinski definition) is 6. The van der Waals surface area contributed by atoms with Crippen LogP contribution in [0.4, 0.5) is 0 Å². The van der Waals surface area contributed by atoms with Gasteiger partial charge in [0.15, 0.2) is 0 Å². The van der Waals surface area contributed by atoms with Crippen LogP contribution >= 0.6 is 11.8 Å². The Morgan fingerprint density at radius 1 is 1.12 bits per heavy atom. The van der Waals surface area contributed by atoms with Gasteiger partial charge in [-0.15, -0.1) is 8.42 Å². The third-order valence-corrected chi connectivity index (χ3v) is 5.33. The number of aliphatic hydroxyl groups is 5. The highest BCUT2D eigenvalue weighted by atomic mass is 32.2. The third-order valence-electron chi connectivity index (χ3n) is 3.31. The predicted octanol–water partition coefficient (Wildman–Crippen LogP) is -2.61. The second-order valence-corrected chi connectivity index (χ2v) is 7.49. The lowest BCUT2D eigenvalue weighted by molar-refractivity contribution is -0.290. The summed E-state index contributed by atoms with van der Waals surface area (Å²) in [5, 5.41) is 58.4. The van der Waals surface area contributed by atoms with Crippen LogP contribution in [0.2, 0.25) is 0 Å². The van der Waals surface area contributed by atoms with E-state index in [4.69, 9.17) is 19.5 Å². The maximum Gasteiger partial charge on any atom is 0.518 e.